The fourth-order valence-corrected chi connectivity index (χ4v) is 4.21. The molecular weight excluding hydrogens is 406 g/mol. The van der Waals surface area contributed by atoms with E-state index in [-0.39, 0.29) is 22.5 Å². The molecule has 4 rings (SSSR count). The molecule has 1 amide bonds. The summed E-state index contributed by atoms with van der Waals surface area (Å²) >= 11 is 0. The molecule has 1 aromatic carbocycles. The first-order chi connectivity index (χ1) is 15.3. The van der Waals surface area contributed by atoms with Crippen LogP contribution in [0, 0.1) is 5.92 Å². The second-order valence-electron chi connectivity index (χ2n) is 8.71. The molecule has 0 atom stereocenters. The average Bonchev–Trinajstić information content (AvgIpc) is 2.81. The molecule has 0 radical (unpaired) electrons. The molecule has 1 saturated heterocycles. The number of likely N-dealkylation sites (tertiary alicyclic amines) is 1. The maximum Gasteiger partial charge on any atom is 0.332 e. The number of fused-ring (bicyclic) bond motifs is 1. The molecule has 8 heteroatoms. The van der Waals surface area contributed by atoms with Gasteiger partial charge in [-0.3, -0.25) is 23.6 Å². The largest absolute Gasteiger partial charge is 0.348 e. The molecule has 1 aliphatic heterocycles. The Kier molecular flexibility index (Phi) is 6.23. The number of rotatable bonds is 5. The van der Waals surface area contributed by atoms with Gasteiger partial charge in [-0.15, -0.1) is 0 Å². The van der Waals surface area contributed by atoms with E-state index < -0.39 is 11.2 Å². The van der Waals surface area contributed by atoms with E-state index in [0.29, 0.717) is 6.54 Å². The highest BCUT2D eigenvalue weighted by Crippen LogP contribution is 2.20. The van der Waals surface area contributed by atoms with Crippen LogP contribution in [0.5, 0.6) is 0 Å². The van der Waals surface area contributed by atoms with Gasteiger partial charge in [-0.25, -0.2) is 9.78 Å². The minimum atomic E-state index is -0.466. The van der Waals surface area contributed by atoms with E-state index >= 15 is 0 Å². The second kappa shape index (κ2) is 9.08. The van der Waals surface area contributed by atoms with Crippen molar-refractivity contribution in [1.82, 2.24) is 24.3 Å². The fourth-order valence-electron chi connectivity index (χ4n) is 4.21. The lowest BCUT2D eigenvalue weighted by molar-refractivity contribution is 0.0950. The SMILES string of the molecule is CC1CCN(Cc2ccccc2CNC(=O)c2cnc3c(c2)c(=O)n(C)c(=O)n3C)CC1. The summed E-state index contributed by atoms with van der Waals surface area (Å²) in [5, 5.41) is 3.19. The molecule has 0 saturated carbocycles. The van der Waals surface area contributed by atoms with Crippen LogP contribution >= 0.6 is 0 Å². The second-order valence-corrected chi connectivity index (χ2v) is 8.71. The normalized spacial score (nSPS) is 15.2. The zero-order valence-electron chi connectivity index (χ0n) is 18.8. The van der Waals surface area contributed by atoms with Crippen LogP contribution < -0.4 is 16.6 Å². The third-order valence-corrected chi connectivity index (χ3v) is 6.38. The van der Waals surface area contributed by atoms with Gasteiger partial charge in [-0.05, 0) is 49.0 Å². The molecule has 1 aliphatic rings. The van der Waals surface area contributed by atoms with Gasteiger partial charge in [0.15, 0.2) is 0 Å². The fraction of sp³-hybridized carbons (Fsp3) is 0.417. The molecule has 0 bridgehead atoms. The summed E-state index contributed by atoms with van der Waals surface area (Å²) in [5.74, 6) is 0.479. The van der Waals surface area contributed by atoms with Crippen LogP contribution in [-0.4, -0.2) is 38.0 Å². The van der Waals surface area contributed by atoms with Gasteiger partial charge in [-0.1, -0.05) is 31.2 Å². The van der Waals surface area contributed by atoms with Gasteiger partial charge in [0, 0.05) is 33.4 Å². The van der Waals surface area contributed by atoms with Crippen molar-refractivity contribution in [2.24, 2.45) is 20.0 Å². The summed E-state index contributed by atoms with van der Waals surface area (Å²) in [6.07, 6.45) is 3.84. The van der Waals surface area contributed by atoms with Crippen LogP contribution in [0.4, 0.5) is 0 Å². The third kappa shape index (κ3) is 4.36. The van der Waals surface area contributed by atoms with Crippen LogP contribution in [0.3, 0.4) is 0 Å². The van der Waals surface area contributed by atoms with E-state index in [4.69, 9.17) is 0 Å². The quantitative estimate of drug-likeness (QED) is 0.660. The number of aromatic nitrogens is 3. The lowest BCUT2D eigenvalue weighted by atomic mass is 9.98. The number of piperidine rings is 1. The maximum absolute atomic E-state index is 12.8. The van der Waals surface area contributed by atoms with Crippen LogP contribution in [0.2, 0.25) is 0 Å². The number of carbonyl (C=O) groups excluding carboxylic acids is 1. The molecule has 0 spiro atoms. The van der Waals surface area contributed by atoms with Crippen molar-refractivity contribution >= 4 is 16.9 Å². The van der Waals surface area contributed by atoms with Crippen molar-refractivity contribution < 1.29 is 4.79 Å². The maximum atomic E-state index is 12.8. The minimum Gasteiger partial charge on any atom is -0.348 e. The number of amides is 1. The summed E-state index contributed by atoms with van der Waals surface area (Å²) in [4.78, 5) is 44.0. The van der Waals surface area contributed by atoms with Crippen molar-refractivity contribution in [1.29, 1.82) is 0 Å². The van der Waals surface area contributed by atoms with Crippen molar-refractivity contribution in [2.75, 3.05) is 13.1 Å². The van der Waals surface area contributed by atoms with Crippen molar-refractivity contribution in [3.05, 3.63) is 74.1 Å². The number of benzene rings is 1. The van der Waals surface area contributed by atoms with Crippen molar-refractivity contribution in [2.45, 2.75) is 32.9 Å². The minimum absolute atomic E-state index is 0.238. The van der Waals surface area contributed by atoms with Gasteiger partial charge in [-0.2, -0.15) is 0 Å². The molecule has 32 heavy (non-hydrogen) atoms. The predicted molar refractivity (Wildman–Crippen MR) is 124 cm³/mol. The van der Waals surface area contributed by atoms with Gasteiger partial charge in [0.05, 0.1) is 10.9 Å². The number of nitrogens with zero attached hydrogens (tertiary/aromatic N) is 4. The Morgan fingerprint density at radius 3 is 2.50 bits per heavy atom. The highest BCUT2D eigenvalue weighted by atomic mass is 16.2. The van der Waals surface area contributed by atoms with Crippen LogP contribution in [0.25, 0.3) is 11.0 Å². The van der Waals surface area contributed by atoms with Crippen LogP contribution in [0.15, 0.2) is 46.1 Å². The van der Waals surface area contributed by atoms with E-state index in [1.807, 2.05) is 18.2 Å². The molecule has 168 valence electrons. The zero-order valence-corrected chi connectivity index (χ0v) is 18.8. The van der Waals surface area contributed by atoms with Gasteiger partial charge < -0.3 is 5.32 Å². The lowest BCUT2D eigenvalue weighted by Crippen LogP contribution is -2.37. The Morgan fingerprint density at radius 2 is 1.78 bits per heavy atom. The number of hydrogen-bond acceptors (Lipinski definition) is 5. The van der Waals surface area contributed by atoms with Gasteiger partial charge in [0.2, 0.25) is 0 Å². The first-order valence-electron chi connectivity index (χ1n) is 11.0. The predicted octanol–water partition coefficient (Wildman–Crippen LogP) is 1.79. The monoisotopic (exact) mass is 435 g/mol. The Bertz CT molecular complexity index is 1270. The van der Waals surface area contributed by atoms with Crippen LogP contribution in [-0.2, 0) is 27.2 Å². The number of aryl methyl sites for hydroxylation is 1. The van der Waals surface area contributed by atoms with Gasteiger partial charge in [0.1, 0.15) is 5.65 Å². The summed E-state index contributed by atoms with van der Waals surface area (Å²) in [6, 6.07) is 9.65. The molecule has 3 aromatic rings. The van der Waals surface area contributed by atoms with Crippen LogP contribution in [0.1, 0.15) is 41.3 Å². The highest BCUT2D eigenvalue weighted by molar-refractivity contribution is 5.96. The smallest absolute Gasteiger partial charge is 0.332 e. The lowest BCUT2D eigenvalue weighted by Gasteiger charge is -2.30. The first-order valence-corrected chi connectivity index (χ1v) is 11.0. The first kappa shape index (κ1) is 22.0. The van der Waals surface area contributed by atoms with Crippen molar-refractivity contribution in [3.8, 4) is 0 Å². The Hall–Kier alpha value is -3.26. The van der Waals surface area contributed by atoms with E-state index in [1.165, 1.54) is 42.3 Å². The molecular formula is C24H29N5O3. The molecule has 3 heterocycles. The zero-order chi connectivity index (χ0) is 22.8. The summed E-state index contributed by atoms with van der Waals surface area (Å²) < 4.78 is 2.32. The van der Waals surface area contributed by atoms with Gasteiger partial charge in [0.25, 0.3) is 11.5 Å². The highest BCUT2D eigenvalue weighted by Gasteiger charge is 2.17. The van der Waals surface area contributed by atoms with E-state index in [1.54, 1.807) is 7.05 Å². The summed E-state index contributed by atoms with van der Waals surface area (Å²) in [6.45, 7) is 5.77. The summed E-state index contributed by atoms with van der Waals surface area (Å²) in [5.41, 5.74) is 1.92. The number of hydrogen-bond donors (Lipinski definition) is 1. The van der Waals surface area contributed by atoms with Gasteiger partial charge >= 0.3 is 5.69 Å². The Labute approximate surface area is 186 Å². The molecule has 1 N–H and O–H groups in total. The van der Waals surface area contributed by atoms with E-state index in [2.05, 4.69) is 28.2 Å². The number of pyridine rings is 1. The molecule has 0 unspecified atom stereocenters. The topological polar surface area (TPSA) is 89.2 Å². The van der Waals surface area contributed by atoms with Crippen molar-refractivity contribution in [3.63, 3.8) is 0 Å². The Balaban J connectivity index is 1.50. The molecule has 1 fully saturated rings. The summed E-state index contributed by atoms with van der Waals surface area (Å²) in [7, 11) is 2.97. The van der Waals surface area contributed by atoms with E-state index in [9.17, 15) is 14.4 Å². The standard InChI is InChI=1S/C24H29N5O3/c1-16-8-10-29(11-9-16)15-18-7-5-4-6-17(18)13-26-22(30)19-12-20-21(25-14-19)27(2)24(32)28(3)23(20)31/h4-7,12,14,16H,8-11,13,15H2,1-3H3,(H,26,30). The Morgan fingerprint density at radius 1 is 1.09 bits per heavy atom. The average molecular weight is 436 g/mol. The van der Waals surface area contributed by atoms with E-state index in [0.717, 1.165) is 35.7 Å². The third-order valence-electron chi connectivity index (χ3n) is 6.38. The molecule has 2 aromatic heterocycles. The molecule has 0 aliphatic carbocycles. The number of nitrogens with one attached hydrogen (secondary N) is 1. The number of carbonyl (C=O) groups is 1. The molecule has 8 nitrogen and oxygen atoms in total.